The van der Waals surface area contributed by atoms with Gasteiger partial charge in [0.15, 0.2) is 0 Å². The van der Waals surface area contributed by atoms with Crippen LogP contribution >= 0.6 is 0 Å². The number of ether oxygens (including phenoxy) is 1. The summed E-state index contributed by atoms with van der Waals surface area (Å²) >= 11 is 0. The van der Waals surface area contributed by atoms with Gasteiger partial charge in [0.25, 0.3) is 0 Å². The van der Waals surface area contributed by atoms with Gasteiger partial charge in [0.1, 0.15) is 6.61 Å². The molecular formula is C18H21NO3. The third-order valence-corrected chi connectivity index (χ3v) is 3.28. The van der Waals surface area contributed by atoms with E-state index >= 15 is 0 Å². The quantitative estimate of drug-likeness (QED) is 0.813. The number of aliphatic hydroxyl groups excluding tert-OH is 1. The Kier molecular flexibility index (Phi) is 6.61. The van der Waals surface area contributed by atoms with Crippen molar-refractivity contribution in [2.45, 2.75) is 13.2 Å². The zero-order chi connectivity index (χ0) is 15.6. The molecule has 0 saturated carbocycles. The van der Waals surface area contributed by atoms with Crippen LogP contribution in [0.4, 0.5) is 0 Å². The lowest BCUT2D eigenvalue weighted by Crippen LogP contribution is -2.35. The van der Waals surface area contributed by atoms with Crippen LogP contribution in [0.15, 0.2) is 60.7 Å². The van der Waals surface area contributed by atoms with Crippen molar-refractivity contribution in [2.75, 3.05) is 19.8 Å². The first kappa shape index (κ1) is 16.2. The summed E-state index contributed by atoms with van der Waals surface area (Å²) in [5.74, 6) is -0.117. The van der Waals surface area contributed by atoms with Crippen LogP contribution in [0.3, 0.4) is 0 Å². The second-order valence-corrected chi connectivity index (χ2v) is 5.00. The Labute approximate surface area is 131 Å². The summed E-state index contributed by atoms with van der Waals surface area (Å²) in [4.78, 5) is 13.8. The van der Waals surface area contributed by atoms with Gasteiger partial charge in [-0.2, -0.15) is 0 Å². The van der Waals surface area contributed by atoms with Crippen molar-refractivity contribution in [3.05, 3.63) is 71.8 Å². The first-order valence-electron chi connectivity index (χ1n) is 7.34. The van der Waals surface area contributed by atoms with Gasteiger partial charge in [-0.05, 0) is 11.1 Å². The third kappa shape index (κ3) is 5.31. The van der Waals surface area contributed by atoms with Gasteiger partial charge in [0.2, 0.25) is 5.91 Å². The standard InChI is InChI=1S/C18H21NO3/c20-12-11-19(13-16-7-3-1-4-8-16)18(21)15-22-14-17-9-5-2-6-10-17/h1-10,20H,11-15H2. The van der Waals surface area contributed by atoms with Crippen molar-refractivity contribution in [3.8, 4) is 0 Å². The molecule has 0 aliphatic heterocycles. The number of nitrogens with zero attached hydrogens (tertiary/aromatic N) is 1. The lowest BCUT2D eigenvalue weighted by molar-refractivity contribution is -0.137. The molecule has 4 heteroatoms. The predicted molar refractivity (Wildman–Crippen MR) is 85.0 cm³/mol. The molecule has 116 valence electrons. The van der Waals surface area contributed by atoms with Gasteiger partial charge < -0.3 is 14.7 Å². The molecule has 0 aliphatic carbocycles. The monoisotopic (exact) mass is 299 g/mol. The fourth-order valence-electron chi connectivity index (χ4n) is 2.14. The summed E-state index contributed by atoms with van der Waals surface area (Å²) < 4.78 is 5.47. The molecule has 1 amide bonds. The number of benzene rings is 2. The van der Waals surface area contributed by atoms with E-state index in [2.05, 4.69) is 0 Å². The summed E-state index contributed by atoms with van der Waals surface area (Å²) in [5.41, 5.74) is 2.07. The van der Waals surface area contributed by atoms with Gasteiger partial charge >= 0.3 is 0 Å². The minimum absolute atomic E-state index is 0.0156. The molecule has 22 heavy (non-hydrogen) atoms. The molecule has 0 unspecified atom stereocenters. The average Bonchev–Trinajstić information content (AvgIpc) is 2.56. The van der Waals surface area contributed by atoms with Crippen molar-refractivity contribution in [1.82, 2.24) is 4.90 Å². The Balaban J connectivity index is 1.84. The van der Waals surface area contributed by atoms with E-state index in [1.165, 1.54) is 0 Å². The Bertz CT molecular complexity index is 557. The van der Waals surface area contributed by atoms with Gasteiger partial charge in [0.05, 0.1) is 13.2 Å². The van der Waals surface area contributed by atoms with Crippen LogP contribution in [-0.2, 0) is 22.7 Å². The van der Waals surface area contributed by atoms with Crippen LogP contribution in [0.2, 0.25) is 0 Å². The molecule has 0 saturated heterocycles. The fourth-order valence-corrected chi connectivity index (χ4v) is 2.14. The molecule has 0 spiro atoms. The van der Waals surface area contributed by atoms with Crippen molar-refractivity contribution < 1.29 is 14.6 Å². The molecule has 0 radical (unpaired) electrons. The number of aliphatic hydroxyl groups is 1. The summed E-state index contributed by atoms with van der Waals surface area (Å²) in [6.07, 6.45) is 0. The lowest BCUT2D eigenvalue weighted by Gasteiger charge is -2.22. The largest absolute Gasteiger partial charge is 0.395 e. The maximum Gasteiger partial charge on any atom is 0.248 e. The van der Waals surface area contributed by atoms with Crippen LogP contribution in [-0.4, -0.2) is 35.7 Å². The molecule has 0 bridgehead atoms. The van der Waals surface area contributed by atoms with E-state index in [0.29, 0.717) is 19.7 Å². The second kappa shape index (κ2) is 8.97. The van der Waals surface area contributed by atoms with Crippen LogP contribution < -0.4 is 0 Å². The molecule has 0 aliphatic rings. The zero-order valence-electron chi connectivity index (χ0n) is 12.5. The SMILES string of the molecule is O=C(COCc1ccccc1)N(CCO)Cc1ccccc1. The number of hydrogen-bond acceptors (Lipinski definition) is 3. The molecular weight excluding hydrogens is 278 g/mol. The number of rotatable bonds is 8. The molecule has 1 N–H and O–H groups in total. The van der Waals surface area contributed by atoms with Gasteiger partial charge in [-0.25, -0.2) is 0 Å². The van der Waals surface area contributed by atoms with Crippen molar-refractivity contribution in [2.24, 2.45) is 0 Å². The highest BCUT2D eigenvalue weighted by Gasteiger charge is 2.13. The van der Waals surface area contributed by atoms with E-state index in [1.807, 2.05) is 60.7 Å². The van der Waals surface area contributed by atoms with Crippen molar-refractivity contribution in [1.29, 1.82) is 0 Å². The Hall–Kier alpha value is -2.17. The topological polar surface area (TPSA) is 49.8 Å². The highest BCUT2D eigenvalue weighted by atomic mass is 16.5. The van der Waals surface area contributed by atoms with Gasteiger partial charge in [-0.1, -0.05) is 60.7 Å². The molecule has 4 nitrogen and oxygen atoms in total. The zero-order valence-corrected chi connectivity index (χ0v) is 12.5. The lowest BCUT2D eigenvalue weighted by atomic mass is 10.2. The van der Waals surface area contributed by atoms with Gasteiger partial charge in [-0.15, -0.1) is 0 Å². The molecule has 0 fully saturated rings. The maximum atomic E-state index is 12.2. The number of carbonyl (C=O) groups excluding carboxylic acids is 1. The van der Waals surface area contributed by atoms with Crippen LogP contribution in [0.5, 0.6) is 0 Å². The fraction of sp³-hybridized carbons (Fsp3) is 0.278. The Morgan fingerprint density at radius 1 is 0.955 bits per heavy atom. The van der Waals surface area contributed by atoms with E-state index in [1.54, 1.807) is 4.90 Å². The highest BCUT2D eigenvalue weighted by Crippen LogP contribution is 2.06. The first-order valence-corrected chi connectivity index (χ1v) is 7.34. The molecule has 2 aromatic carbocycles. The smallest absolute Gasteiger partial charge is 0.248 e. The molecule has 2 rings (SSSR count). The minimum Gasteiger partial charge on any atom is -0.395 e. The highest BCUT2D eigenvalue weighted by molar-refractivity contribution is 5.77. The van der Waals surface area contributed by atoms with Crippen molar-refractivity contribution >= 4 is 5.91 Å². The number of amides is 1. The van der Waals surface area contributed by atoms with E-state index in [4.69, 9.17) is 9.84 Å². The van der Waals surface area contributed by atoms with Crippen molar-refractivity contribution in [3.63, 3.8) is 0 Å². The predicted octanol–water partition coefficient (Wildman–Crippen LogP) is 2.22. The first-order chi connectivity index (χ1) is 10.8. The van der Waals surface area contributed by atoms with Gasteiger partial charge in [0, 0.05) is 13.1 Å². The Morgan fingerprint density at radius 2 is 1.55 bits per heavy atom. The second-order valence-electron chi connectivity index (χ2n) is 5.00. The van der Waals surface area contributed by atoms with E-state index in [0.717, 1.165) is 11.1 Å². The van der Waals surface area contributed by atoms with E-state index < -0.39 is 0 Å². The summed E-state index contributed by atoms with van der Waals surface area (Å²) in [5, 5.41) is 9.13. The molecule has 0 atom stereocenters. The molecule has 0 heterocycles. The minimum atomic E-state index is -0.117. The number of hydrogen-bond donors (Lipinski definition) is 1. The number of carbonyl (C=O) groups is 1. The van der Waals surface area contributed by atoms with Crippen LogP contribution in [0.25, 0.3) is 0 Å². The summed E-state index contributed by atoms with van der Waals surface area (Å²) in [6.45, 7) is 1.15. The Morgan fingerprint density at radius 3 is 2.14 bits per heavy atom. The van der Waals surface area contributed by atoms with Crippen LogP contribution in [0, 0.1) is 0 Å². The van der Waals surface area contributed by atoms with E-state index in [9.17, 15) is 4.79 Å². The third-order valence-electron chi connectivity index (χ3n) is 3.28. The van der Waals surface area contributed by atoms with Crippen LogP contribution in [0.1, 0.15) is 11.1 Å². The normalized spacial score (nSPS) is 10.4. The molecule has 0 aromatic heterocycles. The molecule has 2 aromatic rings. The average molecular weight is 299 g/mol. The summed E-state index contributed by atoms with van der Waals surface area (Å²) in [6, 6.07) is 19.5. The van der Waals surface area contributed by atoms with E-state index in [-0.39, 0.29) is 19.1 Å². The van der Waals surface area contributed by atoms with Gasteiger partial charge in [-0.3, -0.25) is 4.79 Å². The maximum absolute atomic E-state index is 12.2. The summed E-state index contributed by atoms with van der Waals surface area (Å²) in [7, 11) is 0.